The van der Waals surface area contributed by atoms with Gasteiger partial charge in [-0.05, 0) is 56.3 Å². The maximum absolute atomic E-state index is 11.8. The minimum atomic E-state index is 0.175. The number of nitrogens with one attached hydrogen (secondary N) is 2. The van der Waals surface area contributed by atoms with Crippen molar-refractivity contribution in [2.24, 2.45) is 5.92 Å². The molecule has 0 saturated carbocycles. The van der Waals surface area contributed by atoms with E-state index in [-0.39, 0.29) is 5.91 Å². The Kier molecular flexibility index (Phi) is 5.40. The largest absolute Gasteiger partial charge is 0.356 e. The molecule has 3 nitrogen and oxygen atoms in total. The van der Waals surface area contributed by atoms with Crippen LogP contribution in [0.3, 0.4) is 0 Å². The Labute approximate surface area is 115 Å². The summed E-state index contributed by atoms with van der Waals surface area (Å²) < 4.78 is 0. The van der Waals surface area contributed by atoms with Gasteiger partial charge in [0.25, 0.3) is 0 Å². The molecule has 104 valence electrons. The summed E-state index contributed by atoms with van der Waals surface area (Å²) in [5, 5.41) is 6.38. The third-order valence-corrected chi connectivity index (χ3v) is 3.92. The van der Waals surface area contributed by atoms with Gasteiger partial charge in [-0.3, -0.25) is 4.79 Å². The molecule has 1 aliphatic heterocycles. The topological polar surface area (TPSA) is 41.1 Å². The summed E-state index contributed by atoms with van der Waals surface area (Å²) >= 11 is 0. The summed E-state index contributed by atoms with van der Waals surface area (Å²) in [4.78, 5) is 11.8. The second kappa shape index (κ2) is 7.29. The van der Waals surface area contributed by atoms with Crippen LogP contribution in [0.15, 0.2) is 24.3 Å². The van der Waals surface area contributed by atoms with Crippen LogP contribution in [0.1, 0.15) is 30.4 Å². The van der Waals surface area contributed by atoms with Crippen molar-refractivity contribution >= 4 is 5.91 Å². The molecule has 0 radical (unpaired) electrons. The molecule has 1 aliphatic rings. The standard InChI is InChI=1S/C16H24N2O/c1-13-4-2-3-5-15(13)6-7-16(19)18-11-9-14-8-10-17-12-14/h2-5,14,17H,6-12H2,1H3,(H,18,19). The van der Waals surface area contributed by atoms with Gasteiger partial charge < -0.3 is 10.6 Å². The molecular weight excluding hydrogens is 236 g/mol. The summed E-state index contributed by atoms with van der Waals surface area (Å²) in [7, 11) is 0. The SMILES string of the molecule is Cc1ccccc1CCC(=O)NCCC1CCNC1. The van der Waals surface area contributed by atoms with E-state index in [0.29, 0.717) is 6.42 Å². The van der Waals surface area contributed by atoms with E-state index >= 15 is 0 Å². The lowest BCUT2D eigenvalue weighted by molar-refractivity contribution is -0.121. The second-order valence-electron chi connectivity index (χ2n) is 5.42. The Morgan fingerprint density at radius 1 is 1.42 bits per heavy atom. The second-order valence-corrected chi connectivity index (χ2v) is 5.42. The maximum atomic E-state index is 11.8. The highest BCUT2D eigenvalue weighted by molar-refractivity contribution is 5.76. The first kappa shape index (κ1) is 14.1. The van der Waals surface area contributed by atoms with Crippen LogP contribution in [0.25, 0.3) is 0 Å². The van der Waals surface area contributed by atoms with Gasteiger partial charge in [0.15, 0.2) is 0 Å². The van der Waals surface area contributed by atoms with Crippen LogP contribution in [0.5, 0.6) is 0 Å². The molecule has 0 spiro atoms. The van der Waals surface area contributed by atoms with Gasteiger partial charge >= 0.3 is 0 Å². The van der Waals surface area contributed by atoms with Crippen molar-refractivity contribution in [1.29, 1.82) is 0 Å². The van der Waals surface area contributed by atoms with Crippen LogP contribution >= 0.6 is 0 Å². The highest BCUT2D eigenvalue weighted by atomic mass is 16.1. The lowest BCUT2D eigenvalue weighted by atomic mass is 10.0. The molecule has 19 heavy (non-hydrogen) atoms. The molecule has 1 aromatic rings. The lowest BCUT2D eigenvalue weighted by Crippen LogP contribution is -2.26. The van der Waals surface area contributed by atoms with Crippen LogP contribution in [0, 0.1) is 12.8 Å². The molecule has 0 aromatic heterocycles. The minimum absolute atomic E-state index is 0.175. The van der Waals surface area contributed by atoms with Crippen LogP contribution in [0.2, 0.25) is 0 Å². The van der Waals surface area contributed by atoms with E-state index in [4.69, 9.17) is 0 Å². The molecule has 1 saturated heterocycles. The van der Waals surface area contributed by atoms with E-state index in [1.807, 2.05) is 12.1 Å². The van der Waals surface area contributed by atoms with Crippen molar-refractivity contribution in [2.45, 2.75) is 32.6 Å². The van der Waals surface area contributed by atoms with Gasteiger partial charge in [-0.1, -0.05) is 24.3 Å². The summed E-state index contributed by atoms with van der Waals surface area (Å²) in [5.41, 5.74) is 2.55. The number of hydrogen-bond acceptors (Lipinski definition) is 2. The highest BCUT2D eigenvalue weighted by Crippen LogP contribution is 2.11. The molecule has 1 atom stereocenters. The third-order valence-electron chi connectivity index (χ3n) is 3.92. The highest BCUT2D eigenvalue weighted by Gasteiger charge is 2.14. The summed E-state index contributed by atoms with van der Waals surface area (Å²) in [6.45, 7) is 5.16. The molecule has 1 fully saturated rings. The summed E-state index contributed by atoms with van der Waals surface area (Å²) in [5.74, 6) is 0.922. The number of hydrogen-bond donors (Lipinski definition) is 2. The molecule has 2 rings (SSSR count). The maximum Gasteiger partial charge on any atom is 0.220 e. The molecule has 1 amide bonds. The van der Waals surface area contributed by atoms with Crippen LogP contribution < -0.4 is 10.6 Å². The molecule has 0 aliphatic carbocycles. The number of amides is 1. The van der Waals surface area contributed by atoms with E-state index in [2.05, 4.69) is 29.7 Å². The van der Waals surface area contributed by atoms with Crippen LogP contribution in [-0.4, -0.2) is 25.5 Å². The first-order chi connectivity index (χ1) is 9.25. The van der Waals surface area contributed by atoms with Crippen LogP contribution in [-0.2, 0) is 11.2 Å². The average Bonchev–Trinajstić information content (AvgIpc) is 2.91. The number of aryl methyl sites for hydroxylation is 2. The van der Waals surface area contributed by atoms with E-state index in [1.54, 1.807) is 0 Å². The van der Waals surface area contributed by atoms with Crippen molar-refractivity contribution in [2.75, 3.05) is 19.6 Å². The van der Waals surface area contributed by atoms with Gasteiger partial charge in [-0.15, -0.1) is 0 Å². The third kappa shape index (κ3) is 4.67. The Morgan fingerprint density at radius 2 is 2.26 bits per heavy atom. The van der Waals surface area contributed by atoms with E-state index < -0.39 is 0 Å². The average molecular weight is 260 g/mol. The number of benzene rings is 1. The molecule has 2 N–H and O–H groups in total. The molecule has 1 aromatic carbocycles. The van der Waals surface area contributed by atoms with Crippen molar-refractivity contribution in [3.63, 3.8) is 0 Å². The van der Waals surface area contributed by atoms with Gasteiger partial charge in [0.05, 0.1) is 0 Å². The van der Waals surface area contributed by atoms with Gasteiger partial charge in [0.2, 0.25) is 5.91 Å². The van der Waals surface area contributed by atoms with Crippen molar-refractivity contribution in [3.8, 4) is 0 Å². The summed E-state index contributed by atoms with van der Waals surface area (Å²) in [6.07, 6.45) is 3.78. The predicted molar refractivity (Wildman–Crippen MR) is 78.1 cm³/mol. The zero-order valence-electron chi connectivity index (χ0n) is 11.7. The van der Waals surface area contributed by atoms with Crippen LogP contribution in [0.4, 0.5) is 0 Å². The molecule has 1 heterocycles. The number of carbonyl (C=O) groups excluding carboxylic acids is 1. The Morgan fingerprint density at radius 3 is 3.00 bits per heavy atom. The van der Waals surface area contributed by atoms with Crippen molar-refractivity contribution in [1.82, 2.24) is 10.6 Å². The molecule has 1 unspecified atom stereocenters. The van der Waals surface area contributed by atoms with E-state index in [9.17, 15) is 4.79 Å². The fourth-order valence-electron chi connectivity index (χ4n) is 2.60. The Hall–Kier alpha value is -1.35. The summed E-state index contributed by atoms with van der Waals surface area (Å²) in [6, 6.07) is 8.27. The number of carbonyl (C=O) groups is 1. The zero-order chi connectivity index (χ0) is 13.5. The quantitative estimate of drug-likeness (QED) is 0.822. The Balaban J connectivity index is 1.63. The first-order valence-electron chi connectivity index (χ1n) is 7.27. The number of rotatable bonds is 6. The minimum Gasteiger partial charge on any atom is -0.356 e. The Bertz CT molecular complexity index is 411. The van der Waals surface area contributed by atoms with Gasteiger partial charge in [0, 0.05) is 13.0 Å². The van der Waals surface area contributed by atoms with Gasteiger partial charge in [0.1, 0.15) is 0 Å². The first-order valence-corrected chi connectivity index (χ1v) is 7.27. The predicted octanol–water partition coefficient (Wildman–Crippen LogP) is 2.04. The molecule has 3 heteroatoms. The van der Waals surface area contributed by atoms with E-state index in [0.717, 1.165) is 38.4 Å². The lowest BCUT2D eigenvalue weighted by Gasteiger charge is -2.10. The van der Waals surface area contributed by atoms with Gasteiger partial charge in [-0.25, -0.2) is 0 Å². The van der Waals surface area contributed by atoms with Crippen molar-refractivity contribution < 1.29 is 4.79 Å². The zero-order valence-corrected chi connectivity index (χ0v) is 11.7. The van der Waals surface area contributed by atoms with Crippen molar-refractivity contribution in [3.05, 3.63) is 35.4 Å². The fourth-order valence-corrected chi connectivity index (χ4v) is 2.60. The van der Waals surface area contributed by atoms with Gasteiger partial charge in [-0.2, -0.15) is 0 Å². The molecule has 0 bridgehead atoms. The monoisotopic (exact) mass is 260 g/mol. The smallest absolute Gasteiger partial charge is 0.220 e. The fraction of sp³-hybridized carbons (Fsp3) is 0.562. The van der Waals surface area contributed by atoms with E-state index in [1.165, 1.54) is 17.5 Å². The normalized spacial score (nSPS) is 18.5. The molecular formula is C16H24N2O.